The van der Waals surface area contributed by atoms with Crippen LogP contribution in [0.25, 0.3) is 0 Å². The van der Waals surface area contributed by atoms with Crippen molar-refractivity contribution in [1.29, 1.82) is 0 Å². The number of aliphatic hydroxyl groups is 1. The topological polar surface area (TPSA) is 83.5 Å². The van der Waals surface area contributed by atoms with E-state index in [1.165, 1.54) is 0 Å². The molecule has 1 unspecified atom stereocenters. The van der Waals surface area contributed by atoms with Crippen LogP contribution in [0.4, 0.5) is 0 Å². The van der Waals surface area contributed by atoms with Gasteiger partial charge in [0.25, 0.3) is 0 Å². The molecule has 4 N–H and O–H groups in total. The van der Waals surface area contributed by atoms with Crippen LogP contribution in [-0.2, 0) is 4.79 Å². The van der Waals surface area contributed by atoms with E-state index in [1.54, 1.807) is 0 Å². The number of aliphatic carboxylic acids is 1. The third-order valence-corrected chi connectivity index (χ3v) is 2.96. The molecule has 0 bridgehead atoms. The van der Waals surface area contributed by atoms with Crippen molar-refractivity contribution in [2.24, 2.45) is 11.7 Å². The summed E-state index contributed by atoms with van der Waals surface area (Å²) in [5.41, 5.74) is 3.61. The Hall–Kier alpha value is -0.610. The smallest absolute Gasteiger partial charge is 0.337 e. The van der Waals surface area contributed by atoms with Gasteiger partial charge in [-0.3, -0.25) is 0 Å². The van der Waals surface area contributed by atoms with E-state index in [0.29, 0.717) is 0 Å². The first-order valence-electron chi connectivity index (χ1n) is 4.77. The number of carbonyl (C=O) groups is 1. The van der Waals surface area contributed by atoms with Crippen molar-refractivity contribution in [2.45, 2.75) is 37.7 Å². The van der Waals surface area contributed by atoms with E-state index in [-0.39, 0.29) is 12.5 Å². The van der Waals surface area contributed by atoms with Crippen LogP contribution in [0.3, 0.4) is 0 Å². The zero-order valence-corrected chi connectivity index (χ0v) is 7.70. The summed E-state index contributed by atoms with van der Waals surface area (Å²) in [7, 11) is 0. The van der Waals surface area contributed by atoms with Crippen LogP contribution in [0.1, 0.15) is 32.1 Å². The number of carboxylic acid groups (broad SMARTS) is 1. The monoisotopic (exact) mass is 187 g/mol. The van der Waals surface area contributed by atoms with Crippen molar-refractivity contribution < 1.29 is 15.0 Å². The third-order valence-electron chi connectivity index (χ3n) is 2.96. The minimum atomic E-state index is -1.69. The second kappa shape index (κ2) is 4.07. The fourth-order valence-corrected chi connectivity index (χ4v) is 2.01. The fraction of sp³-hybridized carbons (Fsp3) is 0.889. The van der Waals surface area contributed by atoms with Crippen LogP contribution in [0.5, 0.6) is 0 Å². The second-order valence-corrected chi connectivity index (χ2v) is 3.77. The SMILES string of the molecule is NCC(O)(C(=O)O)C1CCCCC1. The average Bonchev–Trinajstić information content (AvgIpc) is 2.17. The second-order valence-electron chi connectivity index (χ2n) is 3.77. The van der Waals surface area contributed by atoms with Crippen molar-refractivity contribution in [3.05, 3.63) is 0 Å². The number of rotatable bonds is 3. The predicted octanol–water partition coefficient (Wildman–Crippen LogP) is 0.341. The van der Waals surface area contributed by atoms with Gasteiger partial charge in [-0.2, -0.15) is 0 Å². The molecule has 1 aliphatic carbocycles. The molecule has 1 atom stereocenters. The number of nitrogens with two attached hydrogens (primary N) is 1. The Labute approximate surface area is 77.7 Å². The maximum atomic E-state index is 10.8. The summed E-state index contributed by atoms with van der Waals surface area (Å²) in [6.45, 7) is -0.188. The van der Waals surface area contributed by atoms with E-state index in [9.17, 15) is 9.90 Å². The molecule has 0 aromatic carbocycles. The lowest BCUT2D eigenvalue weighted by Crippen LogP contribution is -2.52. The van der Waals surface area contributed by atoms with Gasteiger partial charge in [-0.25, -0.2) is 4.79 Å². The van der Waals surface area contributed by atoms with Gasteiger partial charge < -0.3 is 15.9 Å². The lowest BCUT2D eigenvalue weighted by Gasteiger charge is -2.33. The molecule has 0 radical (unpaired) electrons. The predicted molar refractivity (Wildman–Crippen MR) is 48.2 cm³/mol. The van der Waals surface area contributed by atoms with Crippen molar-refractivity contribution in [3.63, 3.8) is 0 Å². The van der Waals surface area contributed by atoms with Gasteiger partial charge in [-0.15, -0.1) is 0 Å². The summed E-state index contributed by atoms with van der Waals surface area (Å²) in [4.78, 5) is 10.8. The summed E-state index contributed by atoms with van der Waals surface area (Å²) in [5, 5.41) is 18.7. The summed E-state index contributed by atoms with van der Waals surface area (Å²) in [6, 6.07) is 0. The molecule has 0 aliphatic heterocycles. The molecule has 1 saturated carbocycles. The first-order chi connectivity index (χ1) is 6.11. The molecule has 0 amide bonds. The van der Waals surface area contributed by atoms with Crippen molar-refractivity contribution in [3.8, 4) is 0 Å². The maximum absolute atomic E-state index is 10.8. The third kappa shape index (κ3) is 2.00. The van der Waals surface area contributed by atoms with Gasteiger partial charge in [0.15, 0.2) is 5.60 Å². The van der Waals surface area contributed by atoms with E-state index in [2.05, 4.69) is 0 Å². The van der Waals surface area contributed by atoms with Gasteiger partial charge >= 0.3 is 5.97 Å². The first-order valence-corrected chi connectivity index (χ1v) is 4.77. The van der Waals surface area contributed by atoms with Crippen LogP contribution in [0.15, 0.2) is 0 Å². The van der Waals surface area contributed by atoms with Crippen molar-refractivity contribution >= 4 is 5.97 Å². The normalized spacial score (nSPS) is 23.8. The summed E-state index contributed by atoms with van der Waals surface area (Å²) >= 11 is 0. The minimum Gasteiger partial charge on any atom is -0.479 e. The van der Waals surface area contributed by atoms with E-state index >= 15 is 0 Å². The van der Waals surface area contributed by atoms with Gasteiger partial charge in [0, 0.05) is 6.54 Å². The van der Waals surface area contributed by atoms with E-state index in [0.717, 1.165) is 32.1 Å². The van der Waals surface area contributed by atoms with Gasteiger partial charge in [-0.1, -0.05) is 19.3 Å². The summed E-state index contributed by atoms with van der Waals surface area (Å²) < 4.78 is 0. The highest BCUT2D eigenvalue weighted by molar-refractivity contribution is 5.77. The maximum Gasteiger partial charge on any atom is 0.337 e. The molecular formula is C9H17NO3. The van der Waals surface area contributed by atoms with Gasteiger partial charge in [0.05, 0.1) is 0 Å². The molecule has 4 nitrogen and oxygen atoms in total. The number of carboxylic acids is 1. The highest BCUT2D eigenvalue weighted by atomic mass is 16.4. The zero-order valence-electron chi connectivity index (χ0n) is 7.70. The molecule has 0 spiro atoms. The number of hydrogen-bond donors (Lipinski definition) is 3. The summed E-state index contributed by atoms with van der Waals surface area (Å²) in [5.74, 6) is -1.34. The van der Waals surface area contributed by atoms with Crippen LogP contribution in [0.2, 0.25) is 0 Å². The van der Waals surface area contributed by atoms with Gasteiger partial charge in [0.2, 0.25) is 0 Å². The molecule has 0 aromatic heterocycles. The van der Waals surface area contributed by atoms with Gasteiger partial charge in [-0.05, 0) is 18.8 Å². The lowest BCUT2D eigenvalue weighted by molar-refractivity contribution is -0.165. The van der Waals surface area contributed by atoms with Crippen LogP contribution >= 0.6 is 0 Å². The highest BCUT2D eigenvalue weighted by Gasteiger charge is 2.42. The Morgan fingerprint density at radius 2 is 1.92 bits per heavy atom. The Morgan fingerprint density at radius 1 is 1.38 bits per heavy atom. The Balaban J connectivity index is 2.68. The number of hydrogen-bond acceptors (Lipinski definition) is 3. The van der Waals surface area contributed by atoms with Crippen LogP contribution < -0.4 is 5.73 Å². The lowest BCUT2D eigenvalue weighted by atomic mass is 9.77. The minimum absolute atomic E-state index is 0.163. The Morgan fingerprint density at radius 3 is 2.31 bits per heavy atom. The van der Waals surface area contributed by atoms with E-state index in [4.69, 9.17) is 10.8 Å². The molecule has 4 heteroatoms. The Bertz CT molecular complexity index is 189. The molecule has 76 valence electrons. The van der Waals surface area contributed by atoms with E-state index < -0.39 is 11.6 Å². The quantitative estimate of drug-likeness (QED) is 0.595. The molecule has 0 heterocycles. The first kappa shape index (κ1) is 10.5. The molecule has 0 saturated heterocycles. The van der Waals surface area contributed by atoms with Crippen LogP contribution in [0, 0.1) is 5.92 Å². The molecule has 0 aromatic rings. The average molecular weight is 187 g/mol. The van der Waals surface area contributed by atoms with Crippen molar-refractivity contribution in [1.82, 2.24) is 0 Å². The molecule has 1 fully saturated rings. The molecule has 1 rings (SSSR count). The standard InChI is InChI=1S/C9H17NO3/c10-6-9(13,8(11)12)7-4-2-1-3-5-7/h7,13H,1-6,10H2,(H,11,12). The zero-order chi connectivity index (χ0) is 9.90. The van der Waals surface area contributed by atoms with Crippen LogP contribution in [-0.4, -0.2) is 28.3 Å². The fourth-order valence-electron chi connectivity index (χ4n) is 2.01. The molecule has 13 heavy (non-hydrogen) atoms. The summed E-state index contributed by atoms with van der Waals surface area (Å²) in [6.07, 6.45) is 4.69. The van der Waals surface area contributed by atoms with E-state index in [1.807, 2.05) is 0 Å². The Kier molecular flexibility index (Phi) is 3.27. The molecular weight excluding hydrogens is 170 g/mol. The highest BCUT2D eigenvalue weighted by Crippen LogP contribution is 2.32. The largest absolute Gasteiger partial charge is 0.479 e. The van der Waals surface area contributed by atoms with Gasteiger partial charge in [0.1, 0.15) is 0 Å². The molecule has 1 aliphatic rings. The van der Waals surface area contributed by atoms with Crippen molar-refractivity contribution in [2.75, 3.05) is 6.54 Å².